The Kier molecular flexibility index (Phi) is 6.72. The zero-order valence-corrected chi connectivity index (χ0v) is 18.8. The van der Waals surface area contributed by atoms with Gasteiger partial charge < -0.3 is 24.0 Å². The topological polar surface area (TPSA) is 94.8 Å². The van der Waals surface area contributed by atoms with Crippen LogP contribution in [0.4, 0.5) is 5.82 Å². The number of nitrogens with zero attached hydrogens (tertiary/aromatic N) is 6. The molecule has 0 atom stereocenters. The molecule has 1 aliphatic rings. The van der Waals surface area contributed by atoms with Crippen LogP contribution in [0.15, 0.2) is 48.8 Å². The van der Waals surface area contributed by atoms with E-state index in [9.17, 15) is 4.79 Å². The number of carbonyl (C=O) groups excluding carboxylic acids is 1. The van der Waals surface area contributed by atoms with Crippen LogP contribution in [0, 0.1) is 0 Å². The second-order valence-electron chi connectivity index (χ2n) is 7.30. The summed E-state index contributed by atoms with van der Waals surface area (Å²) in [7, 11) is 4.67. The molecular weight excluding hydrogens is 424 g/mol. The first-order valence-corrected chi connectivity index (χ1v) is 10.5. The summed E-state index contributed by atoms with van der Waals surface area (Å²) in [6.45, 7) is 2.56. The van der Waals surface area contributed by atoms with E-state index < -0.39 is 0 Å². The van der Waals surface area contributed by atoms with Crippen LogP contribution in [0.2, 0.25) is 0 Å². The monoisotopic (exact) mass is 450 g/mol. The largest absolute Gasteiger partial charge is 0.493 e. The van der Waals surface area contributed by atoms with Gasteiger partial charge in [-0.1, -0.05) is 0 Å². The Morgan fingerprint density at radius 2 is 1.61 bits per heavy atom. The van der Waals surface area contributed by atoms with Gasteiger partial charge in [0, 0.05) is 44.6 Å². The van der Waals surface area contributed by atoms with Crippen molar-refractivity contribution in [1.82, 2.24) is 24.9 Å². The van der Waals surface area contributed by atoms with Gasteiger partial charge in [-0.05, 0) is 42.0 Å². The summed E-state index contributed by atoms with van der Waals surface area (Å²) >= 11 is 0. The molecule has 0 aliphatic carbocycles. The Morgan fingerprint density at radius 1 is 0.939 bits per heavy atom. The molecule has 1 aliphatic heterocycles. The minimum atomic E-state index is -0.0523. The molecular formula is C23H26N6O4. The van der Waals surface area contributed by atoms with Crippen molar-refractivity contribution < 1.29 is 19.0 Å². The average Bonchev–Trinajstić information content (AvgIpc) is 3.42. The highest BCUT2D eigenvalue weighted by Crippen LogP contribution is 2.38. The Bertz CT molecular complexity index is 1080. The molecule has 10 heteroatoms. The van der Waals surface area contributed by atoms with Crippen molar-refractivity contribution in [2.24, 2.45) is 0 Å². The van der Waals surface area contributed by atoms with E-state index in [-0.39, 0.29) is 5.91 Å². The van der Waals surface area contributed by atoms with Gasteiger partial charge >= 0.3 is 0 Å². The van der Waals surface area contributed by atoms with Crippen LogP contribution in [0.5, 0.6) is 17.2 Å². The Balaban J connectivity index is 1.36. The lowest BCUT2D eigenvalue weighted by Crippen LogP contribution is -2.48. The van der Waals surface area contributed by atoms with Crippen LogP contribution < -0.4 is 19.1 Å². The fraction of sp³-hybridized carbons (Fsp3) is 0.304. The molecule has 0 bridgehead atoms. The average molecular weight is 450 g/mol. The second-order valence-corrected chi connectivity index (χ2v) is 7.30. The first-order chi connectivity index (χ1) is 16.1. The van der Waals surface area contributed by atoms with E-state index in [1.807, 2.05) is 29.3 Å². The first kappa shape index (κ1) is 22.1. The summed E-state index contributed by atoms with van der Waals surface area (Å²) in [5, 5.41) is 12.7. The number of rotatable bonds is 7. The molecule has 0 spiro atoms. The fourth-order valence-corrected chi connectivity index (χ4v) is 3.64. The summed E-state index contributed by atoms with van der Waals surface area (Å²) in [5.74, 6) is 2.99. The van der Waals surface area contributed by atoms with Crippen LogP contribution in [0.3, 0.4) is 0 Å². The maximum absolute atomic E-state index is 12.7. The SMILES string of the molecule is COc1cc(/C=C/C(=O)N2CCN(c3ccc(-n4cccn4)nn3)CC2)cc(OC)c1OC. The predicted molar refractivity (Wildman–Crippen MR) is 123 cm³/mol. The molecule has 0 unspecified atom stereocenters. The van der Waals surface area contributed by atoms with E-state index in [0.717, 1.165) is 11.4 Å². The van der Waals surface area contributed by atoms with E-state index in [1.165, 1.54) is 0 Å². The second kappa shape index (κ2) is 10.0. The summed E-state index contributed by atoms with van der Waals surface area (Å²) in [6.07, 6.45) is 6.83. The van der Waals surface area contributed by atoms with Gasteiger partial charge in [0.05, 0.1) is 21.3 Å². The first-order valence-electron chi connectivity index (χ1n) is 10.5. The van der Waals surface area contributed by atoms with Crippen molar-refractivity contribution in [2.45, 2.75) is 0 Å². The Labute approximate surface area is 192 Å². The van der Waals surface area contributed by atoms with E-state index in [2.05, 4.69) is 20.2 Å². The number of hydrogen-bond donors (Lipinski definition) is 0. The maximum Gasteiger partial charge on any atom is 0.246 e. The van der Waals surface area contributed by atoms with Gasteiger partial charge in [-0.25, -0.2) is 4.68 Å². The Hall–Kier alpha value is -4.08. The molecule has 1 fully saturated rings. The molecule has 33 heavy (non-hydrogen) atoms. The van der Waals surface area contributed by atoms with E-state index in [0.29, 0.717) is 49.2 Å². The van der Waals surface area contributed by atoms with Crippen molar-refractivity contribution in [1.29, 1.82) is 0 Å². The number of benzene rings is 1. The lowest BCUT2D eigenvalue weighted by molar-refractivity contribution is -0.126. The fourth-order valence-electron chi connectivity index (χ4n) is 3.64. The molecule has 1 amide bonds. The Morgan fingerprint density at radius 3 is 2.15 bits per heavy atom. The standard InChI is InChI=1S/C23H26N6O4/c1-31-18-15-17(16-19(32-2)23(18)33-3)5-8-22(30)28-13-11-27(12-14-28)20-6-7-21(26-25-20)29-10-4-9-24-29/h4-10,15-16H,11-14H2,1-3H3/b8-5+. The van der Waals surface area contributed by atoms with Crippen LogP contribution >= 0.6 is 0 Å². The molecule has 3 heterocycles. The van der Waals surface area contributed by atoms with Crippen LogP contribution in [-0.4, -0.2) is 78.3 Å². The molecule has 0 radical (unpaired) electrons. The molecule has 1 aromatic carbocycles. The molecule has 4 rings (SSSR count). The van der Waals surface area contributed by atoms with Crippen molar-refractivity contribution in [2.75, 3.05) is 52.4 Å². The minimum absolute atomic E-state index is 0.0523. The van der Waals surface area contributed by atoms with Gasteiger partial charge in [0.2, 0.25) is 11.7 Å². The third kappa shape index (κ3) is 4.89. The zero-order chi connectivity index (χ0) is 23.2. The zero-order valence-electron chi connectivity index (χ0n) is 18.8. The predicted octanol–water partition coefficient (Wildman–Crippen LogP) is 2.05. The minimum Gasteiger partial charge on any atom is -0.493 e. The third-order valence-corrected chi connectivity index (χ3v) is 5.40. The lowest BCUT2D eigenvalue weighted by atomic mass is 10.1. The van der Waals surface area contributed by atoms with Crippen molar-refractivity contribution in [3.8, 4) is 23.1 Å². The molecule has 3 aromatic rings. The van der Waals surface area contributed by atoms with Crippen LogP contribution in [0.1, 0.15) is 5.56 Å². The third-order valence-electron chi connectivity index (χ3n) is 5.40. The van der Waals surface area contributed by atoms with Gasteiger partial charge in [0.25, 0.3) is 0 Å². The van der Waals surface area contributed by atoms with E-state index >= 15 is 0 Å². The number of amides is 1. The summed E-state index contributed by atoms with van der Waals surface area (Å²) in [4.78, 5) is 16.7. The highest BCUT2D eigenvalue weighted by atomic mass is 16.5. The van der Waals surface area contributed by atoms with Crippen LogP contribution in [-0.2, 0) is 4.79 Å². The van der Waals surface area contributed by atoms with E-state index in [4.69, 9.17) is 14.2 Å². The summed E-state index contributed by atoms with van der Waals surface area (Å²) < 4.78 is 17.7. The van der Waals surface area contributed by atoms with Gasteiger partial charge in [0.1, 0.15) is 0 Å². The molecule has 2 aromatic heterocycles. The van der Waals surface area contributed by atoms with Crippen molar-refractivity contribution in [3.63, 3.8) is 0 Å². The van der Waals surface area contributed by atoms with Crippen molar-refractivity contribution in [3.05, 3.63) is 54.4 Å². The highest BCUT2D eigenvalue weighted by Gasteiger charge is 2.21. The van der Waals surface area contributed by atoms with Gasteiger partial charge in [0.15, 0.2) is 23.1 Å². The quantitative estimate of drug-likeness (QED) is 0.505. The van der Waals surface area contributed by atoms with Gasteiger partial charge in [-0.15, -0.1) is 10.2 Å². The van der Waals surface area contributed by atoms with Crippen LogP contribution in [0.25, 0.3) is 11.9 Å². The van der Waals surface area contributed by atoms with Gasteiger partial charge in [-0.2, -0.15) is 5.10 Å². The smallest absolute Gasteiger partial charge is 0.246 e. The lowest BCUT2D eigenvalue weighted by Gasteiger charge is -2.34. The van der Waals surface area contributed by atoms with E-state index in [1.54, 1.807) is 56.5 Å². The molecule has 10 nitrogen and oxygen atoms in total. The number of methoxy groups -OCH3 is 3. The number of anilines is 1. The summed E-state index contributed by atoms with van der Waals surface area (Å²) in [5.41, 5.74) is 0.782. The highest BCUT2D eigenvalue weighted by molar-refractivity contribution is 5.92. The molecule has 0 saturated carbocycles. The molecule has 1 saturated heterocycles. The molecule has 0 N–H and O–H groups in total. The van der Waals surface area contributed by atoms with Crippen molar-refractivity contribution >= 4 is 17.8 Å². The number of hydrogen-bond acceptors (Lipinski definition) is 8. The summed E-state index contributed by atoms with van der Waals surface area (Å²) in [6, 6.07) is 9.24. The number of piperazine rings is 1. The maximum atomic E-state index is 12.7. The van der Waals surface area contributed by atoms with Gasteiger partial charge in [-0.3, -0.25) is 4.79 Å². The molecule has 172 valence electrons. The number of carbonyl (C=O) groups is 1. The number of ether oxygens (including phenoxy) is 3. The number of aromatic nitrogens is 4. The normalized spacial score (nSPS) is 13.9.